The number of aromatic carboxylic acids is 1. The Hall–Kier alpha value is -2.62. The smallest absolute Gasteiger partial charge is 0.337 e. The van der Waals surface area contributed by atoms with Gasteiger partial charge >= 0.3 is 5.97 Å². The summed E-state index contributed by atoms with van der Waals surface area (Å²) in [4.78, 5) is 15.4. The second-order valence-electron chi connectivity index (χ2n) is 6.44. The van der Waals surface area contributed by atoms with E-state index in [0.717, 1.165) is 16.8 Å². The van der Waals surface area contributed by atoms with Gasteiger partial charge in [0.25, 0.3) is 0 Å². The van der Waals surface area contributed by atoms with Crippen LogP contribution in [0.5, 0.6) is 0 Å². The Balaban J connectivity index is 2.05. The van der Waals surface area contributed by atoms with Gasteiger partial charge in [-0.05, 0) is 23.1 Å². The van der Waals surface area contributed by atoms with Gasteiger partial charge in [0, 0.05) is 11.8 Å². The topological polar surface area (TPSA) is 54.6 Å². The molecule has 1 aromatic carbocycles. The lowest BCUT2D eigenvalue weighted by Gasteiger charge is -2.18. The summed E-state index contributed by atoms with van der Waals surface area (Å²) < 4.78 is 1.75. The average molecular weight is 294 g/mol. The van der Waals surface area contributed by atoms with Crippen molar-refractivity contribution in [2.75, 3.05) is 0 Å². The fourth-order valence-corrected chi connectivity index (χ4v) is 2.48. The van der Waals surface area contributed by atoms with Gasteiger partial charge in [-0.1, -0.05) is 45.0 Å². The first-order valence-electron chi connectivity index (χ1n) is 7.17. The number of carboxylic acids is 1. The number of nitrogens with zero attached hydrogens (tertiary/aromatic N) is 2. The lowest BCUT2D eigenvalue weighted by atomic mass is 9.86. The monoisotopic (exact) mass is 294 g/mol. The molecular weight excluding hydrogens is 276 g/mol. The second kappa shape index (κ2) is 4.98. The predicted octanol–water partition coefficient (Wildman–Crippen LogP) is 4.00. The highest BCUT2D eigenvalue weighted by Crippen LogP contribution is 2.27. The number of fused-ring (bicyclic) bond motifs is 1. The van der Waals surface area contributed by atoms with E-state index in [0.29, 0.717) is 0 Å². The van der Waals surface area contributed by atoms with E-state index in [4.69, 9.17) is 5.11 Å². The fraction of sp³-hybridized carbons (Fsp3) is 0.222. The van der Waals surface area contributed by atoms with Gasteiger partial charge in [0.15, 0.2) is 0 Å². The number of benzene rings is 1. The first kappa shape index (κ1) is 14.3. The zero-order valence-electron chi connectivity index (χ0n) is 12.9. The third kappa shape index (κ3) is 2.48. The minimum absolute atomic E-state index is 0.116. The van der Waals surface area contributed by atoms with Crippen molar-refractivity contribution < 1.29 is 9.90 Å². The SMILES string of the molecule is CC(C)(C)c1ccc(-c2ncn3cc(C(=O)O)ccc23)cc1. The molecule has 22 heavy (non-hydrogen) atoms. The molecule has 2 heterocycles. The van der Waals surface area contributed by atoms with Crippen molar-refractivity contribution in [3.8, 4) is 11.3 Å². The number of pyridine rings is 1. The van der Waals surface area contributed by atoms with Crippen LogP contribution in [0.2, 0.25) is 0 Å². The van der Waals surface area contributed by atoms with Crippen LogP contribution in [0.15, 0.2) is 48.9 Å². The third-order valence-electron chi connectivity index (χ3n) is 3.80. The van der Waals surface area contributed by atoms with E-state index >= 15 is 0 Å². The summed E-state index contributed by atoms with van der Waals surface area (Å²) in [5, 5.41) is 9.04. The Labute approximate surface area is 129 Å². The van der Waals surface area contributed by atoms with Crippen molar-refractivity contribution in [3.63, 3.8) is 0 Å². The van der Waals surface area contributed by atoms with Crippen LogP contribution < -0.4 is 0 Å². The molecule has 4 nitrogen and oxygen atoms in total. The molecule has 0 saturated carbocycles. The average Bonchev–Trinajstić information content (AvgIpc) is 2.89. The number of rotatable bonds is 2. The summed E-state index contributed by atoms with van der Waals surface area (Å²) >= 11 is 0. The van der Waals surface area contributed by atoms with Crippen molar-refractivity contribution in [1.29, 1.82) is 0 Å². The molecule has 0 atom stereocenters. The highest BCUT2D eigenvalue weighted by Gasteiger charge is 2.14. The van der Waals surface area contributed by atoms with E-state index in [1.807, 2.05) is 0 Å². The lowest BCUT2D eigenvalue weighted by molar-refractivity contribution is 0.0696. The molecule has 1 N–H and O–H groups in total. The molecule has 0 unspecified atom stereocenters. The summed E-state index contributed by atoms with van der Waals surface area (Å²) in [7, 11) is 0. The summed E-state index contributed by atoms with van der Waals surface area (Å²) in [5.41, 5.74) is 4.42. The minimum atomic E-state index is -0.938. The molecule has 3 aromatic rings. The molecule has 3 rings (SSSR count). The first-order chi connectivity index (χ1) is 10.4. The van der Waals surface area contributed by atoms with Crippen LogP contribution in [0.1, 0.15) is 36.7 Å². The molecule has 0 amide bonds. The molecule has 0 spiro atoms. The summed E-state index contributed by atoms with van der Waals surface area (Å²) in [6, 6.07) is 11.8. The van der Waals surface area contributed by atoms with Crippen molar-refractivity contribution in [1.82, 2.24) is 9.38 Å². The zero-order chi connectivity index (χ0) is 15.9. The van der Waals surface area contributed by atoms with Crippen molar-refractivity contribution >= 4 is 11.5 Å². The Morgan fingerprint density at radius 1 is 1.09 bits per heavy atom. The van der Waals surface area contributed by atoms with Crippen LogP contribution in [0.3, 0.4) is 0 Å². The molecule has 0 aliphatic heterocycles. The molecule has 0 fully saturated rings. The third-order valence-corrected chi connectivity index (χ3v) is 3.80. The first-order valence-corrected chi connectivity index (χ1v) is 7.17. The standard InChI is InChI=1S/C18H18N2O2/c1-18(2,3)14-7-4-12(5-8-14)16-15-9-6-13(17(21)22)10-20(15)11-19-16/h4-11H,1-3H3,(H,21,22). The van der Waals surface area contributed by atoms with Gasteiger partial charge in [-0.2, -0.15) is 0 Å². The number of carbonyl (C=O) groups is 1. The lowest BCUT2D eigenvalue weighted by Crippen LogP contribution is -2.10. The number of hydrogen-bond donors (Lipinski definition) is 1. The van der Waals surface area contributed by atoms with Gasteiger partial charge in [0.05, 0.1) is 23.1 Å². The van der Waals surface area contributed by atoms with E-state index in [1.165, 1.54) is 5.56 Å². The normalized spacial score (nSPS) is 11.8. The van der Waals surface area contributed by atoms with Gasteiger partial charge in [-0.15, -0.1) is 0 Å². The van der Waals surface area contributed by atoms with Gasteiger partial charge in [-0.3, -0.25) is 0 Å². The van der Waals surface area contributed by atoms with Gasteiger partial charge in [0.1, 0.15) is 0 Å². The maximum absolute atomic E-state index is 11.0. The Morgan fingerprint density at radius 3 is 2.36 bits per heavy atom. The molecule has 112 valence electrons. The van der Waals surface area contributed by atoms with E-state index in [-0.39, 0.29) is 11.0 Å². The summed E-state index contributed by atoms with van der Waals surface area (Å²) in [5.74, 6) is -0.938. The van der Waals surface area contributed by atoms with Crippen LogP contribution in [0.4, 0.5) is 0 Å². The van der Waals surface area contributed by atoms with Gasteiger partial charge in [-0.25, -0.2) is 9.78 Å². The number of hydrogen-bond acceptors (Lipinski definition) is 2. The maximum Gasteiger partial charge on any atom is 0.337 e. The van der Waals surface area contributed by atoms with Gasteiger partial charge < -0.3 is 9.51 Å². The molecule has 0 bridgehead atoms. The molecule has 2 aromatic heterocycles. The largest absolute Gasteiger partial charge is 0.478 e. The van der Waals surface area contributed by atoms with E-state index in [2.05, 4.69) is 50.0 Å². The molecule has 0 aliphatic carbocycles. The van der Waals surface area contributed by atoms with E-state index < -0.39 is 5.97 Å². The molecule has 0 saturated heterocycles. The molecule has 4 heteroatoms. The Morgan fingerprint density at radius 2 is 1.77 bits per heavy atom. The van der Waals surface area contributed by atoms with E-state index in [9.17, 15) is 4.79 Å². The van der Waals surface area contributed by atoms with Crippen LogP contribution in [0, 0.1) is 0 Å². The van der Waals surface area contributed by atoms with Crippen molar-refractivity contribution in [2.24, 2.45) is 0 Å². The van der Waals surface area contributed by atoms with Gasteiger partial charge in [0.2, 0.25) is 0 Å². The number of carboxylic acid groups (broad SMARTS) is 1. The van der Waals surface area contributed by atoms with Crippen LogP contribution in [-0.4, -0.2) is 20.5 Å². The molecular formula is C18H18N2O2. The van der Waals surface area contributed by atoms with Crippen LogP contribution >= 0.6 is 0 Å². The molecule has 0 aliphatic rings. The molecule has 0 radical (unpaired) electrons. The Bertz CT molecular complexity index is 840. The summed E-state index contributed by atoms with van der Waals surface area (Å²) in [6.45, 7) is 6.55. The zero-order valence-corrected chi connectivity index (χ0v) is 12.9. The second-order valence-corrected chi connectivity index (χ2v) is 6.44. The van der Waals surface area contributed by atoms with Crippen LogP contribution in [-0.2, 0) is 5.41 Å². The Kier molecular flexibility index (Phi) is 3.24. The van der Waals surface area contributed by atoms with E-state index in [1.54, 1.807) is 29.1 Å². The highest BCUT2D eigenvalue weighted by atomic mass is 16.4. The minimum Gasteiger partial charge on any atom is -0.478 e. The number of aromatic nitrogens is 2. The predicted molar refractivity (Wildman–Crippen MR) is 86.3 cm³/mol. The fourth-order valence-electron chi connectivity index (χ4n) is 2.48. The highest BCUT2D eigenvalue weighted by molar-refractivity contribution is 5.88. The summed E-state index contributed by atoms with van der Waals surface area (Å²) in [6.07, 6.45) is 3.23. The maximum atomic E-state index is 11.0. The van der Waals surface area contributed by atoms with Crippen LogP contribution in [0.25, 0.3) is 16.8 Å². The van der Waals surface area contributed by atoms with Crippen molar-refractivity contribution in [3.05, 3.63) is 60.0 Å². The van der Waals surface area contributed by atoms with Crippen molar-refractivity contribution in [2.45, 2.75) is 26.2 Å². The number of imidazole rings is 1. The quantitative estimate of drug-likeness (QED) is 0.777.